The van der Waals surface area contributed by atoms with Crippen LogP contribution in [-0.4, -0.2) is 44.1 Å². The van der Waals surface area contributed by atoms with E-state index in [2.05, 4.69) is 15.4 Å². The van der Waals surface area contributed by atoms with Crippen LogP contribution in [0.2, 0.25) is 0 Å². The van der Waals surface area contributed by atoms with Crippen molar-refractivity contribution >= 4 is 23.5 Å². The first-order chi connectivity index (χ1) is 13.6. The van der Waals surface area contributed by atoms with Gasteiger partial charge in [-0.25, -0.2) is 4.79 Å². The number of rotatable bonds is 6. The van der Waals surface area contributed by atoms with Gasteiger partial charge in [-0.2, -0.15) is 0 Å². The summed E-state index contributed by atoms with van der Waals surface area (Å²) in [6, 6.07) is 12.8. The maximum atomic E-state index is 12.4. The average molecular weight is 382 g/mol. The van der Waals surface area contributed by atoms with Crippen LogP contribution in [0.1, 0.15) is 43.9 Å². The Morgan fingerprint density at radius 2 is 1.79 bits per heavy atom. The summed E-state index contributed by atoms with van der Waals surface area (Å²) in [5, 5.41) is 5.61. The molecule has 1 aliphatic rings. The Labute approximate surface area is 163 Å². The predicted octanol–water partition coefficient (Wildman–Crippen LogP) is 2.63. The molecule has 1 atom stereocenters. The molecule has 146 valence electrons. The van der Waals surface area contributed by atoms with Gasteiger partial charge in [0.2, 0.25) is 0 Å². The molecule has 0 aliphatic carbocycles. The van der Waals surface area contributed by atoms with Crippen molar-refractivity contribution < 1.29 is 23.9 Å². The minimum absolute atomic E-state index is 0.0693. The number of carbonyl (C=O) groups is 3. The van der Waals surface area contributed by atoms with Gasteiger partial charge in [-0.3, -0.25) is 9.59 Å². The number of carbonyl (C=O) groups excluding carboxylic acids is 3. The second kappa shape index (κ2) is 9.14. The molecule has 2 aromatic carbocycles. The highest BCUT2D eigenvalue weighted by atomic mass is 16.5. The summed E-state index contributed by atoms with van der Waals surface area (Å²) in [6.45, 7) is 1.21. The Bertz CT molecular complexity index is 857. The minimum Gasteiger partial charge on any atom is -0.465 e. The van der Waals surface area contributed by atoms with Gasteiger partial charge >= 0.3 is 5.97 Å². The molecule has 0 unspecified atom stereocenters. The molecular weight excluding hydrogens is 360 g/mol. The number of amides is 2. The Morgan fingerprint density at radius 1 is 1.04 bits per heavy atom. The molecular formula is C21H22N2O5. The van der Waals surface area contributed by atoms with Crippen molar-refractivity contribution in [3.05, 3.63) is 65.2 Å². The molecule has 0 bridgehead atoms. The molecule has 0 radical (unpaired) electrons. The van der Waals surface area contributed by atoms with Gasteiger partial charge in [-0.15, -0.1) is 0 Å². The van der Waals surface area contributed by atoms with E-state index in [9.17, 15) is 14.4 Å². The smallest absolute Gasteiger partial charge is 0.337 e. The molecule has 0 spiro atoms. The van der Waals surface area contributed by atoms with E-state index in [-0.39, 0.29) is 17.9 Å². The molecule has 7 nitrogen and oxygen atoms in total. The third kappa shape index (κ3) is 4.95. The summed E-state index contributed by atoms with van der Waals surface area (Å²) >= 11 is 0. The first kappa shape index (κ1) is 19.6. The van der Waals surface area contributed by atoms with E-state index in [0.29, 0.717) is 28.9 Å². The zero-order valence-corrected chi connectivity index (χ0v) is 15.6. The quantitative estimate of drug-likeness (QED) is 0.749. The predicted molar refractivity (Wildman–Crippen MR) is 103 cm³/mol. The molecule has 2 aromatic rings. The molecule has 3 rings (SSSR count). The minimum atomic E-state index is -0.464. The number of ether oxygens (including phenoxy) is 2. The van der Waals surface area contributed by atoms with Crippen molar-refractivity contribution in [2.24, 2.45) is 0 Å². The molecule has 1 aliphatic heterocycles. The largest absolute Gasteiger partial charge is 0.465 e. The lowest BCUT2D eigenvalue weighted by atomic mass is 10.1. The lowest BCUT2D eigenvalue weighted by molar-refractivity contribution is 0.0600. The van der Waals surface area contributed by atoms with Crippen molar-refractivity contribution in [3.8, 4) is 0 Å². The zero-order valence-electron chi connectivity index (χ0n) is 15.6. The Hall–Kier alpha value is -3.19. The van der Waals surface area contributed by atoms with Gasteiger partial charge in [-0.05, 0) is 55.3 Å². The lowest BCUT2D eigenvalue weighted by Gasteiger charge is -2.12. The van der Waals surface area contributed by atoms with E-state index >= 15 is 0 Å². The van der Waals surface area contributed by atoms with Crippen LogP contribution >= 0.6 is 0 Å². The normalized spacial score (nSPS) is 15.7. The molecule has 2 amide bonds. The second-order valence-corrected chi connectivity index (χ2v) is 6.45. The highest BCUT2D eigenvalue weighted by molar-refractivity contribution is 6.05. The van der Waals surface area contributed by atoms with E-state index in [4.69, 9.17) is 4.74 Å². The molecule has 0 aromatic heterocycles. The molecule has 1 fully saturated rings. The van der Waals surface area contributed by atoms with Gasteiger partial charge in [0.25, 0.3) is 11.8 Å². The fourth-order valence-corrected chi connectivity index (χ4v) is 2.93. The summed E-state index contributed by atoms with van der Waals surface area (Å²) in [5.74, 6) is -1.02. The maximum absolute atomic E-state index is 12.4. The van der Waals surface area contributed by atoms with Gasteiger partial charge in [0.1, 0.15) is 0 Å². The summed E-state index contributed by atoms with van der Waals surface area (Å²) in [7, 11) is 1.30. The van der Waals surface area contributed by atoms with Crippen molar-refractivity contribution in [1.29, 1.82) is 0 Å². The number of anilines is 1. The molecule has 7 heteroatoms. The fraction of sp³-hybridized carbons (Fsp3) is 0.286. The molecule has 2 N–H and O–H groups in total. The number of methoxy groups -OCH3 is 1. The summed E-state index contributed by atoms with van der Waals surface area (Å²) in [4.78, 5) is 36.2. The topological polar surface area (TPSA) is 93.7 Å². The van der Waals surface area contributed by atoms with Crippen molar-refractivity contribution in [3.63, 3.8) is 0 Å². The Morgan fingerprint density at radius 3 is 2.46 bits per heavy atom. The number of hydrogen-bond donors (Lipinski definition) is 2. The SMILES string of the molecule is COC(=O)c1ccc(C(=O)Nc2cccc(C(=O)NC[C@H]3CCCO3)c2)cc1. The Balaban J connectivity index is 1.60. The summed E-state index contributed by atoms with van der Waals surface area (Å²) < 4.78 is 10.1. The first-order valence-corrected chi connectivity index (χ1v) is 9.06. The van der Waals surface area contributed by atoms with Gasteiger partial charge < -0.3 is 20.1 Å². The molecule has 1 saturated heterocycles. The molecule has 0 saturated carbocycles. The molecule has 1 heterocycles. The van der Waals surface area contributed by atoms with Crippen LogP contribution in [0.3, 0.4) is 0 Å². The van der Waals surface area contributed by atoms with E-state index in [1.165, 1.54) is 19.2 Å². The third-order valence-electron chi connectivity index (χ3n) is 4.47. The average Bonchev–Trinajstić information content (AvgIpc) is 3.25. The lowest BCUT2D eigenvalue weighted by Crippen LogP contribution is -2.31. The second-order valence-electron chi connectivity index (χ2n) is 6.45. The highest BCUT2D eigenvalue weighted by Gasteiger charge is 2.17. The van der Waals surface area contributed by atoms with Gasteiger partial charge in [0, 0.05) is 30.0 Å². The van der Waals surface area contributed by atoms with E-state index in [1.54, 1.807) is 36.4 Å². The Kier molecular flexibility index (Phi) is 6.39. The number of hydrogen-bond acceptors (Lipinski definition) is 5. The first-order valence-electron chi connectivity index (χ1n) is 9.06. The van der Waals surface area contributed by atoms with Gasteiger partial charge in [0.15, 0.2) is 0 Å². The van der Waals surface area contributed by atoms with Crippen LogP contribution < -0.4 is 10.6 Å². The van der Waals surface area contributed by atoms with Crippen molar-refractivity contribution in [2.75, 3.05) is 25.6 Å². The van der Waals surface area contributed by atoms with E-state index in [1.807, 2.05) is 0 Å². The molecule has 28 heavy (non-hydrogen) atoms. The van der Waals surface area contributed by atoms with Crippen molar-refractivity contribution in [1.82, 2.24) is 5.32 Å². The van der Waals surface area contributed by atoms with E-state index < -0.39 is 5.97 Å². The van der Waals surface area contributed by atoms with Crippen LogP contribution in [-0.2, 0) is 9.47 Å². The van der Waals surface area contributed by atoms with Crippen LogP contribution in [0.4, 0.5) is 5.69 Å². The standard InChI is InChI=1S/C21H22N2O5/c1-27-21(26)15-9-7-14(8-10-15)20(25)23-17-5-2-4-16(12-17)19(24)22-13-18-6-3-11-28-18/h2,4-5,7-10,12,18H,3,6,11,13H2,1H3,(H,22,24)(H,23,25)/t18-/m1/s1. The van der Waals surface area contributed by atoms with Crippen molar-refractivity contribution in [2.45, 2.75) is 18.9 Å². The highest BCUT2D eigenvalue weighted by Crippen LogP contribution is 2.14. The van der Waals surface area contributed by atoms with Gasteiger partial charge in [0.05, 0.1) is 18.8 Å². The van der Waals surface area contributed by atoms with Crippen LogP contribution in [0, 0.1) is 0 Å². The van der Waals surface area contributed by atoms with Gasteiger partial charge in [-0.1, -0.05) is 6.07 Å². The third-order valence-corrected chi connectivity index (χ3v) is 4.47. The monoisotopic (exact) mass is 382 g/mol. The number of benzene rings is 2. The summed E-state index contributed by atoms with van der Waals surface area (Å²) in [5.41, 5.74) is 1.72. The van der Waals surface area contributed by atoms with Crippen LogP contribution in [0.5, 0.6) is 0 Å². The van der Waals surface area contributed by atoms with Crippen LogP contribution in [0.25, 0.3) is 0 Å². The van der Waals surface area contributed by atoms with Crippen LogP contribution in [0.15, 0.2) is 48.5 Å². The number of nitrogens with one attached hydrogen (secondary N) is 2. The van der Waals surface area contributed by atoms with E-state index in [0.717, 1.165) is 19.4 Å². The zero-order chi connectivity index (χ0) is 19.9. The maximum Gasteiger partial charge on any atom is 0.337 e. The number of esters is 1. The fourth-order valence-electron chi connectivity index (χ4n) is 2.93. The summed E-state index contributed by atoms with van der Waals surface area (Å²) in [6.07, 6.45) is 2.04.